The fourth-order valence-electron chi connectivity index (χ4n) is 2.09. The van der Waals surface area contributed by atoms with Crippen molar-refractivity contribution in [2.24, 2.45) is 0 Å². The molecular formula is C15H19FN4. The van der Waals surface area contributed by atoms with E-state index in [1.807, 2.05) is 13.0 Å². The quantitative estimate of drug-likeness (QED) is 0.879. The van der Waals surface area contributed by atoms with Crippen LogP contribution in [0.3, 0.4) is 0 Å². The van der Waals surface area contributed by atoms with Gasteiger partial charge in [-0.15, -0.1) is 0 Å². The molecule has 2 rings (SSSR count). The summed E-state index contributed by atoms with van der Waals surface area (Å²) in [6, 6.07) is 4.52. The van der Waals surface area contributed by atoms with E-state index in [-0.39, 0.29) is 11.9 Å². The topological polar surface area (TPSA) is 63.8 Å². The number of aromatic nitrogens is 2. The van der Waals surface area contributed by atoms with Crippen LogP contribution in [0.4, 0.5) is 10.2 Å². The van der Waals surface area contributed by atoms with Crippen LogP contribution in [0.1, 0.15) is 36.2 Å². The first-order valence-corrected chi connectivity index (χ1v) is 6.69. The molecule has 0 saturated heterocycles. The number of anilines is 1. The summed E-state index contributed by atoms with van der Waals surface area (Å²) in [4.78, 5) is 8.31. The van der Waals surface area contributed by atoms with Gasteiger partial charge >= 0.3 is 0 Å². The Balaban J connectivity index is 2.47. The van der Waals surface area contributed by atoms with E-state index in [4.69, 9.17) is 5.73 Å². The summed E-state index contributed by atoms with van der Waals surface area (Å²) in [6.45, 7) is 4.73. The molecule has 20 heavy (non-hydrogen) atoms. The molecule has 1 unspecified atom stereocenters. The van der Waals surface area contributed by atoms with Crippen molar-refractivity contribution in [2.75, 3.05) is 12.3 Å². The van der Waals surface area contributed by atoms with Gasteiger partial charge in [-0.3, -0.25) is 4.98 Å². The molecule has 5 heteroatoms. The second kappa shape index (κ2) is 6.43. The van der Waals surface area contributed by atoms with Gasteiger partial charge in [0, 0.05) is 18.0 Å². The summed E-state index contributed by atoms with van der Waals surface area (Å²) in [5, 5.41) is 3.29. The fraction of sp³-hybridized carbons (Fsp3) is 0.333. The molecule has 0 saturated carbocycles. The zero-order valence-corrected chi connectivity index (χ0v) is 11.7. The highest BCUT2D eigenvalue weighted by atomic mass is 19.1. The van der Waals surface area contributed by atoms with E-state index in [1.54, 1.807) is 18.5 Å². The van der Waals surface area contributed by atoms with Gasteiger partial charge in [-0.1, -0.05) is 6.92 Å². The van der Waals surface area contributed by atoms with Crippen LogP contribution >= 0.6 is 0 Å². The van der Waals surface area contributed by atoms with E-state index < -0.39 is 0 Å². The van der Waals surface area contributed by atoms with Gasteiger partial charge in [0.1, 0.15) is 11.6 Å². The largest absolute Gasteiger partial charge is 0.383 e. The van der Waals surface area contributed by atoms with Gasteiger partial charge in [0.05, 0.1) is 11.7 Å². The third-order valence-corrected chi connectivity index (χ3v) is 3.06. The third kappa shape index (κ3) is 3.11. The number of hydrogen-bond acceptors (Lipinski definition) is 4. The lowest BCUT2D eigenvalue weighted by atomic mass is 10.0. The molecule has 0 aliphatic rings. The monoisotopic (exact) mass is 274 g/mol. The van der Waals surface area contributed by atoms with Crippen LogP contribution in [-0.2, 0) is 0 Å². The number of nitrogen functional groups attached to an aromatic ring is 1. The number of hydrogen-bond donors (Lipinski definition) is 2. The third-order valence-electron chi connectivity index (χ3n) is 3.06. The maximum atomic E-state index is 14.0. The van der Waals surface area contributed by atoms with E-state index in [9.17, 15) is 4.39 Å². The Labute approximate surface area is 118 Å². The Bertz CT molecular complexity index is 586. The number of nitrogens with two attached hydrogens (primary N) is 1. The first-order chi connectivity index (χ1) is 9.63. The lowest BCUT2D eigenvalue weighted by Gasteiger charge is -2.20. The maximum absolute atomic E-state index is 14.0. The summed E-state index contributed by atoms with van der Waals surface area (Å²) in [5.41, 5.74) is 8.04. The summed E-state index contributed by atoms with van der Waals surface area (Å²) >= 11 is 0. The van der Waals surface area contributed by atoms with Crippen LogP contribution in [0.25, 0.3) is 0 Å². The van der Waals surface area contributed by atoms with E-state index in [0.29, 0.717) is 11.5 Å². The molecule has 0 spiro atoms. The molecule has 4 nitrogen and oxygen atoms in total. The lowest BCUT2D eigenvalue weighted by Crippen LogP contribution is -2.26. The molecule has 0 aliphatic carbocycles. The lowest BCUT2D eigenvalue weighted by molar-refractivity contribution is 0.531. The average molecular weight is 274 g/mol. The molecule has 106 valence electrons. The molecule has 3 N–H and O–H groups in total. The number of pyridine rings is 2. The summed E-state index contributed by atoms with van der Waals surface area (Å²) in [7, 11) is 0. The SMILES string of the molecule is CCCNC(c1cc(C)cnc1N)c1ncccc1F. The molecule has 0 aromatic carbocycles. The van der Waals surface area contributed by atoms with Crippen molar-refractivity contribution in [3.8, 4) is 0 Å². The highest BCUT2D eigenvalue weighted by molar-refractivity contribution is 5.46. The second-order valence-corrected chi connectivity index (χ2v) is 4.74. The highest BCUT2D eigenvalue weighted by Gasteiger charge is 2.21. The van der Waals surface area contributed by atoms with Crippen molar-refractivity contribution < 1.29 is 4.39 Å². The van der Waals surface area contributed by atoms with Crippen LogP contribution in [-0.4, -0.2) is 16.5 Å². The summed E-state index contributed by atoms with van der Waals surface area (Å²) in [5.74, 6) is 0.0521. The smallest absolute Gasteiger partial charge is 0.146 e. The molecule has 2 heterocycles. The molecule has 2 aromatic heterocycles. The molecule has 0 aliphatic heterocycles. The zero-order valence-electron chi connectivity index (χ0n) is 11.7. The summed E-state index contributed by atoms with van der Waals surface area (Å²) in [6.07, 6.45) is 4.22. The molecule has 0 fully saturated rings. The molecular weight excluding hydrogens is 255 g/mol. The van der Waals surface area contributed by atoms with Crippen molar-refractivity contribution in [3.63, 3.8) is 0 Å². The van der Waals surface area contributed by atoms with Crippen LogP contribution < -0.4 is 11.1 Å². The van der Waals surface area contributed by atoms with E-state index in [2.05, 4.69) is 22.2 Å². The Hall–Kier alpha value is -2.01. The predicted octanol–water partition coefficient (Wildman–Crippen LogP) is 2.60. The molecule has 0 bridgehead atoms. The predicted molar refractivity (Wildman–Crippen MR) is 77.7 cm³/mol. The minimum absolute atomic E-state index is 0.345. The zero-order chi connectivity index (χ0) is 14.5. The van der Waals surface area contributed by atoms with Gasteiger partial charge in [0.15, 0.2) is 0 Å². The number of aryl methyl sites for hydroxylation is 1. The molecule has 2 aromatic rings. The number of rotatable bonds is 5. The average Bonchev–Trinajstić information content (AvgIpc) is 2.44. The van der Waals surface area contributed by atoms with Crippen LogP contribution in [0.2, 0.25) is 0 Å². The second-order valence-electron chi connectivity index (χ2n) is 4.74. The minimum Gasteiger partial charge on any atom is -0.383 e. The fourth-order valence-corrected chi connectivity index (χ4v) is 2.09. The van der Waals surface area contributed by atoms with Gasteiger partial charge < -0.3 is 11.1 Å². The number of nitrogens with one attached hydrogen (secondary N) is 1. The maximum Gasteiger partial charge on any atom is 0.146 e. The Morgan fingerprint density at radius 3 is 2.90 bits per heavy atom. The van der Waals surface area contributed by atoms with Crippen molar-refractivity contribution in [3.05, 3.63) is 53.2 Å². The minimum atomic E-state index is -0.386. The van der Waals surface area contributed by atoms with E-state index in [0.717, 1.165) is 24.1 Å². The van der Waals surface area contributed by atoms with Crippen molar-refractivity contribution in [1.29, 1.82) is 0 Å². The molecule has 0 amide bonds. The highest BCUT2D eigenvalue weighted by Crippen LogP contribution is 2.26. The normalized spacial score (nSPS) is 12.3. The Morgan fingerprint density at radius 1 is 1.40 bits per heavy atom. The van der Waals surface area contributed by atoms with Gasteiger partial charge in [0.2, 0.25) is 0 Å². The van der Waals surface area contributed by atoms with Gasteiger partial charge in [-0.05, 0) is 43.7 Å². The number of nitrogens with zero attached hydrogens (tertiary/aromatic N) is 2. The van der Waals surface area contributed by atoms with Gasteiger partial charge in [0.25, 0.3) is 0 Å². The number of halogens is 1. The van der Waals surface area contributed by atoms with Gasteiger partial charge in [-0.25, -0.2) is 9.37 Å². The van der Waals surface area contributed by atoms with Crippen LogP contribution in [0.5, 0.6) is 0 Å². The molecule has 0 radical (unpaired) electrons. The van der Waals surface area contributed by atoms with Crippen LogP contribution in [0.15, 0.2) is 30.6 Å². The van der Waals surface area contributed by atoms with Crippen molar-refractivity contribution >= 4 is 5.82 Å². The molecule has 1 atom stereocenters. The van der Waals surface area contributed by atoms with Crippen LogP contribution in [0, 0.1) is 12.7 Å². The Kier molecular flexibility index (Phi) is 4.63. The van der Waals surface area contributed by atoms with Gasteiger partial charge in [-0.2, -0.15) is 0 Å². The summed E-state index contributed by atoms with van der Waals surface area (Å²) < 4.78 is 14.0. The Morgan fingerprint density at radius 2 is 2.20 bits per heavy atom. The van der Waals surface area contributed by atoms with Crippen molar-refractivity contribution in [2.45, 2.75) is 26.3 Å². The van der Waals surface area contributed by atoms with E-state index >= 15 is 0 Å². The first-order valence-electron chi connectivity index (χ1n) is 6.69. The van der Waals surface area contributed by atoms with Crippen molar-refractivity contribution in [1.82, 2.24) is 15.3 Å². The standard InChI is InChI=1S/C15H19FN4/c1-3-6-18-13(14-12(16)5-4-7-19-14)11-8-10(2)9-20-15(11)17/h4-5,7-9,13,18H,3,6H2,1-2H3,(H2,17,20). The van der Waals surface area contributed by atoms with E-state index in [1.165, 1.54) is 6.07 Å². The first kappa shape index (κ1) is 14.4.